The van der Waals surface area contributed by atoms with E-state index in [9.17, 15) is 0 Å². The molecule has 0 unspecified atom stereocenters. The molecule has 0 atom stereocenters. The lowest BCUT2D eigenvalue weighted by atomic mass is 10.2. The number of aromatic nitrogens is 1. The van der Waals surface area contributed by atoms with Crippen molar-refractivity contribution in [1.29, 1.82) is 0 Å². The molecule has 0 aliphatic carbocycles. The molecule has 2 N–H and O–H groups in total. The highest BCUT2D eigenvalue weighted by molar-refractivity contribution is 7.21. The number of halogens is 1. The molecule has 0 fully saturated rings. The molecule has 2 aromatic carbocycles. The number of nitrogens with zero attached hydrogens (tertiary/aromatic N) is 2. The molecule has 3 aromatic rings. The Morgan fingerprint density at radius 2 is 1.90 bits per heavy atom. The monoisotopic (exact) mass is 301 g/mol. The van der Waals surface area contributed by atoms with Gasteiger partial charge in [-0.2, -0.15) is 0 Å². The molecule has 0 saturated heterocycles. The highest BCUT2D eigenvalue weighted by Crippen LogP contribution is 2.30. The molecule has 100 valence electrons. The molecule has 0 bridgehead atoms. The Hall–Kier alpha value is -1.91. The van der Waals surface area contributed by atoms with Gasteiger partial charge in [0.2, 0.25) is 0 Å². The molecule has 0 aliphatic heterocycles. The standard InChI is InChI=1S/C15H12ClN3S/c16-9-14(17)18-11-7-5-10(6-8-11)15-19-12-3-1-2-4-13(12)20-15/h1-8H,9H2,(H2,17,18). The molecular weight excluding hydrogens is 290 g/mol. The maximum absolute atomic E-state index is 5.61. The lowest BCUT2D eigenvalue weighted by molar-refractivity contribution is 1.44. The maximum Gasteiger partial charge on any atom is 0.124 e. The number of rotatable bonds is 3. The Kier molecular flexibility index (Phi) is 3.67. The number of para-hydroxylation sites is 1. The van der Waals surface area contributed by atoms with Crippen LogP contribution in [0.1, 0.15) is 0 Å². The third-order valence-corrected chi connectivity index (χ3v) is 4.18. The van der Waals surface area contributed by atoms with Crippen LogP contribution in [-0.4, -0.2) is 16.7 Å². The van der Waals surface area contributed by atoms with Crippen LogP contribution in [0.15, 0.2) is 53.5 Å². The highest BCUT2D eigenvalue weighted by Gasteiger charge is 2.05. The second-order valence-electron chi connectivity index (χ2n) is 4.27. The van der Waals surface area contributed by atoms with E-state index >= 15 is 0 Å². The van der Waals surface area contributed by atoms with Crippen LogP contribution in [0.2, 0.25) is 0 Å². The number of nitrogens with two attached hydrogens (primary N) is 1. The van der Waals surface area contributed by atoms with E-state index in [2.05, 4.69) is 16.0 Å². The number of alkyl halides is 1. The summed E-state index contributed by atoms with van der Waals surface area (Å²) < 4.78 is 1.19. The van der Waals surface area contributed by atoms with Crippen molar-refractivity contribution in [2.45, 2.75) is 0 Å². The minimum absolute atomic E-state index is 0.236. The number of thiazole rings is 1. The van der Waals surface area contributed by atoms with Crippen molar-refractivity contribution in [2.75, 3.05) is 5.88 Å². The summed E-state index contributed by atoms with van der Waals surface area (Å²) in [6, 6.07) is 16.0. The van der Waals surface area contributed by atoms with Crippen LogP contribution in [-0.2, 0) is 0 Å². The van der Waals surface area contributed by atoms with E-state index in [4.69, 9.17) is 17.3 Å². The maximum atomic E-state index is 5.61. The average molecular weight is 302 g/mol. The van der Waals surface area contributed by atoms with Gasteiger partial charge in [-0.15, -0.1) is 22.9 Å². The molecule has 1 heterocycles. The molecular formula is C15H12ClN3S. The van der Waals surface area contributed by atoms with Crippen molar-refractivity contribution in [1.82, 2.24) is 4.98 Å². The van der Waals surface area contributed by atoms with Crippen LogP contribution < -0.4 is 5.73 Å². The second kappa shape index (κ2) is 5.61. The van der Waals surface area contributed by atoms with Gasteiger partial charge in [0.05, 0.1) is 21.8 Å². The van der Waals surface area contributed by atoms with Crippen LogP contribution in [0, 0.1) is 0 Å². The van der Waals surface area contributed by atoms with Crippen molar-refractivity contribution in [3.05, 3.63) is 48.5 Å². The molecule has 0 aliphatic rings. The third kappa shape index (κ3) is 2.66. The Morgan fingerprint density at radius 3 is 2.60 bits per heavy atom. The third-order valence-electron chi connectivity index (χ3n) is 2.82. The van der Waals surface area contributed by atoms with Gasteiger partial charge in [0.15, 0.2) is 0 Å². The largest absolute Gasteiger partial charge is 0.386 e. The van der Waals surface area contributed by atoms with E-state index < -0.39 is 0 Å². The van der Waals surface area contributed by atoms with Gasteiger partial charge in [0.1, 0.15) is 10.8 Å². The van der Waals surface area contributed by atoms with Gasteiger partial charge >= 0.3 is 0 Å². The van der Waals surface area contributed by atoms with Crippen molar-refractivity contribution in [3.63, 3.8) is 0 Å². The molecule has 20 heavy (non-hydrogen) atoms. The number of amidine groups is 1. The summed E-state index contributed by atoms with van der Waals surface area (Å²) in [7, 11) is 0. The molecule has 1 aromatic heterocycles. The Balaban J connectivity index is 1.94. The SMILES string of the molecule is NC(CCl)=Nc1ccc(-c2nc3ccccc3s2)cc1. The van der Waals surface area contributed by atoms with E-state index in [1.165, 1.54) is 4.70 Å². The molecule has 3 rings (SSSR count). The van der Waals surface area contributed by atoms with Crippen LogP contribution in [0.5, 0.6) is 0 Å². The van der Waals surface area contributed by atoms with Gasteiger partial charge in [-0.05, 0) is 36.4 Å². The first-order valence-corrected chi connectivity index (χ1v) is 7.46. The topological polar surface area (TPSA) is 51.3 Å². The first-order chi connectivity index (χ1) is 9.76. The summed E-state index contributed by atoms with van der Waals surface area (Å²) in [6.45, 7) is 0. The van der Waals surface area contributed by atoms with Crippen LogP contribution in [0.4, 0.5) is 5.69 Å². The number of benzene rings is 2. The molecule has 0 saturated carbocycles. The number of fused-ring (bicyclic) bond motifs is 1. The first kappa shape index (κ1) is 13.1. The normalized spacial score (nSPS) is 11.9. The zero-order valence-corrected chi connectivity index (χ0v) is 12.2. The molecule has 0 radical (unpaired) electrons. The first-order valence-electron chi connectivity index (χ1n) is 6.11. The summed E-state index contributed by atoms with van der Waals surface area (Å²) in [5.41, 5.74) is 8.52. The fourth-order valence-electron chi connectivity index (χ4n) is 1.87. The molecule has 0 spiro atoms. The van der Waals surface area contributed by atoms with Gasteiger partial charge < -0.3 is 5.73 Å². The van der Waals surface area contributed by atoms with Crippen LogP contribution >= 0.6 is 22.9 Å². The van der Waals surface area contributed by atoms with Crippen molar-refractivity contribution in [3.8, 4) is 10.6 Å². The fraction of sp³-hybridized carbons (Fsp3) is 0.0667. The Morgan fingerprint density at radius 1 is 1.15 bits per heavy atom. The summed E-state index contributed by atoms with van der Waals surface area (Å²) in [6.07, 6.45) is 0. The van der Waals surface area contributed by atoms with E-state index in [-0.39, 0.29) is 5.88 Å². The van der Waals surface area contributed by atoms with E-state index in [1.807, 2.05) is 42.5 Å². The lowest BCUT2D eigenvalue weighted by Gasteiger charge is -1.98. The van der Waals surface area contributed by atoms with Gasteiger partial charge in [-0.1, -0.05) is 12.1 Å². The lowest BCUT2D eigenvalue weighted by Crippen LogP contribution is -2.12. The fourth-order valence-corrected chi connectivity index (χ4v) is 2.90. The highest BCUT2D eigenvalue weighted by atomic mass is 35.5. The quantitative estimate of drug-likeness (QED) is 0.448. The zero-order valence-electron chi connectivity index (χ0n) is 10.6. The van der Waals surface area contributed by atoms with Gasteiger partial charge in [-0.3, -0.25) is 0 Å². The summed E-state index contributed by atoms with van der Waals surface area (Å²) in [4.78, 5) is 8.83. The number of hydrogen-bond donors (Lipinski definition) is 1. The summed E-state index contributed by atoms with van der Waals surface area (Å²) in [5, 5.41) is 1.01. The van der Waals surface area contributed by atoms with Crippen molar-refractivity contribution >= 4 is 44.7 Å². The number of hydrogen-bond acceptors (Lipinski definition) is 3. The predicted octanol–water partition coefficient (Wildman–Crippen LogP) is 4.19. The van der Waals surface area contributed by atoms with Crippen molar-refractivity contribution in [2.24, 2.45) is 10.7 Å². The van der Waals surface area contributed by atoms with Gasteiger partial charge in [0, 0.05) is 5.56 Å². The second-order valence-corrected chi connectivity index (χ2v) is 5.57. The van der Waals surface area contributed by atoms with Gasteiger partial charge in [0.25, 0.3) is 0 Å². The predicted molar refractivity (Wildman–Crippen MR) is 87.1 cm³/mol. The summed E-state index contributed by atoms with van der Waals surface area (Å²) >= 11 is 7.29. The number of aliphatic imine (C=N–C) groups is 1. The minimum atomic E-state index is 0.236. The van der Waals surface area contributed by atoms with Crippen LogP contribution in [0.3, 0.4) is 0 Å². The van der Waals surface area contributed by atoms with Crippen LogP contribution in [0.25, 0.3) is 20.8 Å². The van der Waals surface area contributed by atoms with E-state index in [0.29, 0.717) is 5.84 Å². The van der Waals surface area contributed by atoms with E-state index in [1.54, 1.807) is 11.3 Å². The molecule has 0 amide bonds. The smallest absolute Gasteiger partial charge is 0.124 e. The summed E-state index contributed by atoms with van der Waals surface area (Å²) in [5.74, 6) is 0.652. The van der Waals surface area contributed by atoms with E-state index in [0.717, 1.165) is 21.8 Å². The average Bonchev–Trinajstić information content (AvgIpc) is 2.91. The molecule has 5 heteroatoms. The zero-order chi connectivity index (χ0) is 13.9. The molecule has 3 nitrogen and oxygen atoms in total. The Bertz CT molecular complexity index is 729. The van der Waals surface area contributed by atoms with Crippen molar-refractivity contribution < 1.29 is 0 Å². The van der Waals surface area contributed by atoms with Gasteiger partial charge in [-0.25, -0.2) is 9.98 Å². The minimum Gasteiger partial charge on any atom is -0.386 e. The Labute approximate surface area is 125 Å².